The molecule has 0 aliphatic rings. The Balaban J connectivity index is 1.90. The summed E-state index contributed by atoms with van der Waals surface area (Å²) >= 11 is 0. The van der Waals surface area contributed by atoms with E-state index in [9.17, 15) is 0 Å². The molecule has 0 spiro atoms. The Morgan fingerprint density at radius 1 is 1.00 bits per heavy atom. The van der Waals surface area contributed by atoms with E-state index in [1.165, 1.54) is 0 Å². The molecule has 0 fully saturated rings. The highest BCUT2D eigenvalue weighted by Crippen LogP contribution is 2.26. The summed E-state index contributed by atoms with van der Waals surface area (Å²) in [6.07, 6.45) is 3.79. The Bertz CT molecular complexity index is 926. The van der Waals surface area contributed by atoms with Crippen molar-refractivity contribution in [3.8, 4) is 16.9 Å². The first-order chi connectivity index (χ1) is 10.3. The second-order valence-corrected chi connectivity index (χ2v) is 4.85. The van der Waals surface area contributed by atoms with Crippen LogP contribution in [0.3, 0.4) is 0 Å². The summed E-state index contributed by atoms with van der Waals surface area (Å²) in [5, 5.41) is 5.52. The average Bonchev–Trinajstić information content (AvgIpc) is 2.93. The predicted octanol–water partition coefficient (Wildman–Crippen LogP) is 3.56. The van der Waals surface area contributed by atoms with Crippen molar-refractivity contribution < 1.29 is 4.74 Å². The highest BCUT2D eigenvalue weighted by atomic mass is 16.5. The van der Waals surface area contributed by atoms with Crippen LogP contribution >= 0.6 is 0 Å². The van der Waals surface area contributed by atoms with Gasteiger partial charge in [0.1, 0.15) is 5.75 Å². The minimum atomic E-state index is 0.762. The van der Waals surface area contributed by atoms with Crippen molar-refractivity contribution in [2.75, 3.05) is 7.11 Å². The zero-order valence-electron chi connectivity index (χ0n) is 11.5. The van der Waals surface area contributed by atoms with E-state index in [1.807, 2.05) is 53.3 Å². The van der Waals surface area contributed by atoms with Gasteiger partial charge in [0.15, 0.2) is 5.65 Å². The lowest BCUT2D eigenvalue weighted by Gasteiger charge is -2.03. The molecule has 3 heterocycles. The summed E-state index contributed by atoms with van der Waals surface area (Å²) in [5.41, 5.74) is 4.01. The molecule has 1 aromatic carbocycles. The van der Waals surface area contributed by atoms with E-state index in [4.69, 9.17) is 4.74 Å². The lowest BCUT2D eigenvalue weighted by Crippen LogP contribution is -1.84. The maximum atomic E-state index is 5.19. The Hall–Kier alpha value is -2.88. The van der Waals surface area contributed by atoms with Crippen LogP contribution < -0.4 is 4.74 Å². The number of ether oxygens (including phenoxy) is 1. The van der Waals surface area contributed by atoms with Gasteiger partial charge < -0.3 is 4.74 Å². The fourth-order valence-corrected chi connectivity index (χ4v) is 2.50. The number of pyridine rings is 2. The van der Waals surface area contributed by atoms with E-state index in [2.05, 4.69) is 22.2 Å². The maximum Gasteiger partial charge on any atom is 0.182 e. The molecule has 102 valence electrons. The largest absolute Gasteiger partial charge is 0.497 e. The van der Waals surface area contributed by atoms with Crippen molar-refractivity contribution in [2.24, 2.45) is 0 Å². The van der Waals surface area contributed by atoms with Gasteiger partial charge in [0.05, 0.1) is 12.6 Å². The van der Waals surface area contributed by atoms with Crippen molar-refractivity contribution in [1.29, 1.82) is 0 Å². The Labute approximate surface area is 121 Å². The van der Waals surface area contributed by atoms with Gasteiger partial charge in [-0.05, 0) is 35.9 Å². The monoisotopic (exact) mass is 275 g/mol. The van der Waals surface area contributed by atoms with Crippen LogP contribution in [0.4, 0.5) is 0 Å². The van der Waals surface area contributed by atoms with E-state index in [0.717, 1.165) is 33.4 Å². The fourth-order valence-electron chi connectivity index (χ4n) is 2.50. The molecule has 0 amide bonds. The van der Waals surface area contributed by atoms with E-state index < -0.39 is 0 Å². The van der Waals surface area contributed by atoms with E-state index in [-0.39, 0.29) is 0 Å². The zero-order valence-corrected chi connectivity index (χ0v) is 11.5. The van der Waals surface area contributed by atoms with E-state index in [1.54, 1.807) is 7.11 Å². The molecule has 21 heavy (non-hydrogen) atoms. The second kappa shape index (κ2) is 4.59. The predicted molar refractivity (Wildman–Crippen MR) is 82.5 cm³/mol. The van der Waals surface area contributed by atoms with Crippen LogP contribution in [0.1, 0.15) is 0 Å². The Morgan fingerprint density at radius 3 is 2.67 bits per heavy atom. The molecule has 4 rings (SSSR count). The minimum absolute atomic E-state index is 0.762. The smallest absolute Gasteiger partial charge is 0.182 e. The van der Waals surface area contributed by atoms with Gasteiger partial charge in [0.25, 0.3) is 0 Å². The highest BCUT2D eigenvalue weighted by Gasteiger charge is 2.07. The number of methoxy groups -OCH3 is 1. The molecule has 0 saturated carbocycles. The molecule has 0 saturated heterocycles. The van der Waals surface area contributed by atoms with Crippen LogP contribution in [0.2, 0.25) is 0 Å². The summed E-state index contributed by atoms with van der Waals surface area (Å²) in [4.78, 5) is 4.47. The van der Waals surface area contributed by atoms with Gasteiger partial charge in [-0.2, -0.15) is 0 Å². The van der Waals surface area contributed by atoms with Crippen LogP contribution in [0.5, 0.6) is 5.75 Å². The second-order valence-electron chi connectivity index (χ2n) is 4.85. The van der Waals surface area contributed by atoms with Crippen molar-refractivity contribution in [2.45, 2.75) is 0 Å². The molecule has 3 aromatic heterocycles. The summed E-state index contributed by atoms with van der Waals surface area (Å²) < 4.78 is 7.05. The number of rotatable bonds is 2. The first-order valence-electron chi connectivity index (χ1n) is 6.73. The number of aromatic nitrogens is 3. The minimum Gasteiger partial charge on any atom is -0.497 e. The van der Waals surface area contributed by atoms with Gasteiger partial charge in [-0.25, -0.2) is 9.50 Å². The molecule has 0 atom stereocenters. The Kier molecular flexibility index (Phi) is 2.60. The van der Waals surface area contributed by atoms with Crippen molar-refractivity contribution in [1.82, 2.24) is 14.6 Å². The number of nitrogens with zero attached hydrogens (tertiary/aromatic N) is 3. The maximum absolute atomic E-state index is 5.19. The van der Waals surface area contributed by atoms with Gasteiger partial charge in [-0.3, -0.25) is 0 Å². The first kappa shape index (κ1) is 11.9. The standard InChI is InChI=1S/C17H13N3O/c1-21-14-7-5-12(6-8-14)13-10-15-16-4-2-3-9-20(16)19-17(15)18-11-13/h2-11H,1H3. The van der Waals surface area contributed by atoms with Gasteiger partial charge >= 0.3 is 0 Å². The van der Waals surface area contributed by atoms with Crippen LogP contribution in [-0.4, -0.2) is 21.7 Å². The number of hydrogen-bond acceptors (Lipinski definition) is 3. The van der Waals surface area contributed by atoms with Crippen LogP contribution in [0, 0.1) is 0 Å². The zero-order chi connectivity index (χ0) is 14.2. The van der Waals surface area contributed by atoms with Crippen LogP contribution in [-0.2, 0) is 0 Å². The molecule has 0 N–H and O–H groups in total. The topological polar surface area (TPSA) is 39.4 Å². The molecule has 0 aliphatic carbocycles. The third-order valence-electron chi connectivity index (χ3n) is 3.61. The number of hydrogen-bond donors (Lipinski definition) is 0. The van der Waals surface area contributed by atoms with Gasteiger partial charge in [0.2, 0.25) is 0 Å². The number of fused-ring (bicyclic) bond motifs is 3. The summed E-state index contributed by atoms with van der Waals surface area (Å²) in [7, 11) is 1.67. The SMILES string of the molecule is COc1ccc(-c2cnc3nn4ccccc4c3c2)cc1. The molecule has 0 aliphatic heterocycles. The molecule has 4 aromatic rings. The average molecular weight is 275 g/mol. The highest BCUT2D eigenvalue weighted by molar-refractivity contribution is 5.94. The third-order valence-corrected chi connectivity index (χ3v) is 3.61. The molecule has 0 bridgehead atoms. The molecular weight excluding hydrogens is 262 g/mol. The molecule has 4 nitrogen and oxygen atoms in total. The number of benzene rings is 1. The van der Waals surface area contributed by atoms with Crippen LogP contribution in [0.25, 0.3) is 27.7 Å². The summed E-state index contributed by atoms with van der Waals surface area (Å²) in [6.45, 7) is 0. The third kappa shape index (κ3) is 1.92. The molecule has 4 heteroatoms. The Morgan fingerprint density at radius 2 is 1.86 bits per heavy atom. The molecular formula is C17H13N3O. The van der Waals surface area contributed by atoms with Gasteiger partial charge in [-0.1, -0.05) is 18.2 Å². The lowest BCUT2D eigenvalue weighted by molar-refractivity contribution is 0.415. The van der Waals surface area contributed by atoms with Crippen LogP contribution in [0.15, 0.2) is 60.9 Å². The van der Waals surface area contributed by atoms with Crippen molar-refractivity contribution >= 4 is 16.6 Å². The first-order valence-corrected chi connectivity index (χ1v) is 6.73. The summed E-state index contributed by atoms with van der Waals surface area (Å²) in [5.74, 6) is 0.851. The van der Waals surface area contributed by atoms with Gasteiger partial charge in [-0.15, -0.1) is 5.10 Å². The lowest BCUT2D eigenvalue weighted by atomic mass is 10.1. The van der Waals surface area contributed by atoms with E-state index in [0.29, 0.717) is 0 Å². The van der Waals surface area contributed by atoms with Crippen molar-refractivity contribution in [3.63, 3.8) is 0 Å². The summed E-state index contributed by atoms with van der Waals surface area (Å²) in [6, 6.07) is 16.1. The molecule has 0 unspecified atom stereocenters. The normalized spacial score (nSPS) is 11.1. The van der Waals surface area contributed by atoms with Gasteiger partial charge in [0, 0.05) is 23.3 Å². The molecule has 0 radical (unpaired) electrons. The van der Waals surface area contributed by atoms with Crippen molar-refractivity contribution in [3.05, 3.63) is 60.9 Å². The van der Waals surface area contributed by atoms with E-state index >= 15 is 0 Å². The fraction of sp³-hybridized carbons (Fsp3) is 0.0588. The quantitative estimate of drug-likeness (QED) is 0.561.